The average molecular weight is 326 g/mol. The number of terminal acetylenes is 1. The van der Waals surface area contributed by atoms with E-state index in [0.717, 1.165) is 11.3 Å². The zero-order valence-electron chi connectivity index (χ0n) is 13.4. The van der Waals surface area contributed by atoms with Crippen LogP contribution < -0.4 is 0 Å². The van der Waals surface area contributed by atoms with Gasteiger partial charge in [-0.1, -0.05) is 19.8 Å². The number of alkyl halides is 3. The maximum Gasteiger partial charge on any atom is 0.522 e. The number of rotatable bonds is 4. The first-order valence-corrected chi connectivity index (χ1v) is 7.71. The summed E-state index contributed by atoms with van der Waals surface area (Å²) in [5.74, 6) is 2.90. The van der Waals surface area contributed by atoms with Crippen LogP contribution in [0.25, 0.3) is 0 Å². The van der Waals surface area contributed by atoms with Gasteiger partial charge in [-0.05, 0) is 36.5 Å². The highest BCUT2D eigenvalue weighted by Crippen LogP contribution is 2.25. The van der Waals surface area contributed by atoms with Crippen molar-refractivity contribution in [1.29, 1.82) is 0 Å². The van der Waals surface area contributed by atoms with Crippen LogP contribution in [0, 0.1) is 12.3 Å². The molecule has 3 nitrogen and oxygen atoms in total. The number of aromatic nitrogens is 1. The molecule has 0 amide bonds. The standard InChI is InChI=1S/C17H21F3N2O/c1-4-14-9-13(12(2)3)10-15(21-14)11-22-7-5-16(6-8-22)23-17(18,19)20/h1,9-10,12,16H,5-8,11H2,2-3H3. The summed E-state index contributed by atoms with van der Waals surface area (Å²) in [6.07, 6.45) is 0.880. The van der Waals surface area contributed by atoms with Gasteiger partial charge in [0.2, 0.25) is 0 Å². The van der Waals surface area contributed by atoms with Gasteiger partial charge in [-0.25, -0.2) is 4.98 Å². The number of halogens is 3. The molecule has 1 aliphatic heterocycles. The Kier molecular flexibility index (Phi) is 5.66. The molecule has 2 rings (SSSR count). The van der Waals surface area contributed by atoms with Crippen molar-refractivity contribution < 1.29 is 17.9 Å². The number of hydrogen-bond acceptors (Lipinski definition) is 3. The van der Waals surface area contributed by atoms with Crippen molar-refractivity contribution in [2.75, 3.05) is 13.1 Å². The average Bonchev–Trinajstić information content (AvgIpc) is 2.47. The summed E-state index contributed by atoms with van der Waals surface area (Å²) in [7, 11) is 0. The van der Waals surface area contributed by atoms with Crippen LogP contribution in [0.3, 0.4) is 0 Å². The maximum absolute atomic E-state index is 12.2. The van der Waals surface area contributed by atoms with Crippen LogP contribution in [0.1, 0.15) is 49.6 Å². The van der Waals surface area contributed by atoms with Gasteiger partial charge in [-0.3, -0.25) is 9.64 Å². The molecule has 1 saturated heterocycles. The van der Waals surface area contributed by atoms with E-state index in [1.807, 2.05) is 12.1 Å². The molecule has 0 bridgehead atoms. The lowest BCUT2D eigenvalue weighted by Crippen LogP contribution is -2.38. The molecule has 1 aliphatic rings. The molecule has 0 saturated carbocycles. The lowest BCUT2D eigenvalue weighted by molar-refractivity contribution is -0.345. The van der Waals surface area contributed by atoms with Crippen molar-refractivity contribution in [3.8, 4) is 12.3 Å². The topological polar surface area (TPSA) is 25.4 Å². The SMILES string of the molecule is C#Cc1cc(C(C)C)cc(CN2CCC(OC(F)(F)F)CC2)n1. The largest absolute Gasteiger partial charge is 0.522 e. The molecular weight excluding hydrogens is 305 g/mol. The summed E-state index contributed by atoms with van der Waals surface area (Å²) >= 11 is 0. The number of nitrogens with zero attached hydrogens (tertiary/aromatic N) is 2. The van der Waals surface area contributed by atoms with Gasteiger partial charge in [0.1, 0.15) is 5.69 Å². The molecule has 0 atom stereocenters. The van der Waals surface area contributed by atoms with E-state index >= 15 is 0 Å². The first-order chi connectivity index (χ1) is 10.8. The molecule has 0 spiro atoms. The third-order valence-electron chi connectivity index (χ3n) is 3.94. The Morgan fingerprint density at radius 2 is 2.00 bits per heavy atom. The second kappa shape index (κ2) is 7.33. The molecule has 1 aromatic rings. The van der Waals surface area contributed by atoms with Crippen molar-refractivity contribution in [1.82, 2.24) is 9.88 Å². The van der Waals surface area contributed by atoms with Crippen LogP contribution in [-0.2, 0) is 11.3 Å². The van der Waals surface area contributed by atoms with Gasteiger partial charge >= 0.3 is 6.36 Å². The predicted octanol–water partition coefficient (Wildman–Crippen LogP) is 3.69. The third kappa shape index (κ3) is 5.52. The molecule has 1 fully saturated rings. The monoisotopic (exact) mass is 326 g/mol. The molecule has 0 N–H and O–H groups in total. The molecule has 2 heterocycles. The molecule has 0 unspecified atom stereocenters. The van der Waals surface area contributed by atoms with Gasteiger partial charge in [0.05, 0.1) is 11.8 Å². The highest BCUT2D eigenvalue weighted by Gasteiger charge is 2.35. The second-order valence-electron chi connectivity index (χ2n) is 6.12. The fourth-order valence-corrected chi connectivity index (χ4v) is 2.70. The van der Waals surface area contributed by atoms with Crippen molar-refractivity contribution >= 4 is 0 Å². The Labute approximate surface area is 134 Å². The summed E-state index contributed by atoms with van der Waals surface area (Å²) < 4.78 is 40.8. The second-order valence-corrected chi connectivity index (χ2v) is 6.12. The minimum absolute atomic E-state index is 0.342. The van der Waals surface area contributed by atoms with E-state index in [9.17, 15) is 13.2 Å². The van der Waals surface area contributed by atoms with E-state index in [-0.39, 0.29) is 0 Å². The van der Waals surface area contributed by atoms with Crippen molar-refractivity contribution in [2.24, 2.45) is 0 Å². The van der Waals surface area contributed by atoms with Crippen LogP contribution in [0.15, 0.2) is 12.1 Å². The Balaban J connectivity index is 1.96. The van der Waals surface area contributed by atoms with Crippen molar-refractivity contribution in [3.05, 3.63) is 29.1 Å². The lowest BCUT2D eigenvalue weighted by atomic mass is 10.0. The molecular formula is C17H21F3N2O. The Morgan fingerprint density at radius 1 is 1.35 bits per heavy atom. The zero-order valence-corrected chi connectivity index (χ0v) is 13.4. The van der Waals surface area contributed by atoms with Crippen LogP contribution in [0.4, 0.5) is 13.2 Å². The molecule has 0 aromatic carbocycles. The molecule has 0 radical (unpaired) electrons. The quantitative estimate of drug-likeness (QED) is 0.789. The molecule has 1 aromatic heterocycles. The van der Waals surface area contributed by atoms with E-state index in [1.54, 1.807) is 0 Å². The van der Waals surface area contributed by atoms with Gasteiger partial charge < -0.3 is 0 Å². The van der Waals surface area contributed by atoms with E-state index < -0.39 is 12.5 Å². The van der Waals surface area contributed by atoms with Crippen LogP contribution in [-0.4, -0.2) is 35.4 Å². The maximum atomic E-state index is 12.2. The number of pyridine rings is 1. The highest BCUT2D eigenvalue weighted by atomic mass is 19.4. The van der Waals surface area contributed by atoms with Crippen LogP contribution in [0.5, 0.6) is 0 Å². The first kappa shape index (κ1) is 17.8. The normalized spacial score (nSPS) is 17.4. The number of ether oxygens (including phenoxy) is 1. The van der Waals surface area contributed by atoms with Gasteiger partial charge in [-0.15, -0.1) is 19.6 Å². The Hall–Kier alpha value is -1.58. The third-order valence-corrected chi connectivity index (χ3v) is 3.94. The number of piperidine rings is 1. The Morgan fingerprint density at radius 3 is 2.52 bits per heavy atom. The van der Waals surface area contributed by atoms with E-state index in [0.29, 0.717) is 44.1 Å². The summed E-state index contributed by atoms with van der Waals surface area (Å²) in [5, 5.41) is 0. The first-order valence-electron chi connectivity index (χ1n) is 7.71. The number of hydrogen-bond donors (Lipinski definition) is 0. The summed E-state index contributed by atoms with van der Waals surface area (Å²) in [6, 6.07) is 3.92. The fourth-order valence-electron chi connectivity index (χ4n) is 2.70. The van der Waals surface area contributed by atoms with Gasteiger partial charge in [0, 0.05) is 19.6 Å². The minimum atomic E-state index is -4.55. The lowest BCUT2D eigenvalue weighted by Gasteiger charge is -2.32. The smallest absolute Gasteiger partial charge is 0.297 e. The van der Waals surface area contributed by atoms with E-state index in [2.05, 4.69) is 34.4 Å². The van der Waals surface area contributed by atoms with Crippen LogP contribution in [0.2, 0.25) is 0 Å². The van der Waals surface area contributed by atoms with Gasteiger partial charge in [0.25, 0.3) is 0 Å². The van der Waals surface area contributed by atoms with E-state index in [1.165, 1.54) is 0 Å². The molecule has 0 aliphatic carbocycles. The summed E-state index contributed by atoms with van der Waals surface area (Å²) in [6.45, 7) is 5.87. The molecule has 6 heteroatoms. The highest BCUT2D eigenvalue weighted by molar-refractivity contribution is 5.32. The van der Waals surface area contributed by atoms with Crippen LogP contribution >= 0.6 is 0 Å². The number of likely N-dealkylation sites (tertiary alicyclic amines) is 1. The van der Waals surface area contributed by atoms with E-state index in [4.69, 9.17) is 6.42 Å². The van der Waals surface area contributed by atoms with Gasteiger partial charge in [-0.2, -0.15) is 0 Å². The zero-order chi connectivity index (χ0) is 17.0. The fraction of sp³-hybridized carbons (Fsp3) is 0.588. The molecule has 23 heavy (non-hydrogen) atoms. The van der Waals surface area contributed by atoms with Crippen molar-refractivity contribution in [2.45, 2.75) is 51.6 Å². The summed E-state index contributed by atoms with van der Waals surface area (Å²) in [5.41, 5.74) is 2.58. The minimum Gasteiger partial charge on any atom is -0.297 e. The predicted molar refractivity (Wildman–Crippen MR) is 81.7 cm³/mol. The van der Waals surface area contributed by atoms with Crippen molar-refractivity contribution in [3.63, 3.8) is 0 Å². The Bertz CT molecular complexity index is 570. The van der Waals surface area contributed by atoms with Gasteiger partial charge in [0.15, 0.2) is 0 Å². The molecule has 126 valence electrons. The summed E-state index contributed by atoms with van der Waals surface area (Å²) in [4.78, 5) is 6.50.